The fourth-order valence-corrected chi connectivity index (χ4v) is 2.87. The standard InChI is InChI=1S/C21H22F2N2O2/c1-13(15-8-10-16(26-4)11-9-15)25(3)12-19-14(2)27-21(24-19)17-6-5-7-18(22)20(17)23/h5-11,13H,12H2,1-4H3/t13-/m0/s1. The number of oxazole rings is 1. The number of hydrogen-bond donors (Lipinski definition) is 0. The Morgan fingerprint density at radius 1 is 1.15 bits per heavy atom. The van der Waals surface area contributed by atoms with Crippen molar-refractivity contribution in [3.8, 4) is 17.2 Å². The van der Waals surface area contributed by atoms with Gasteiger partial charge in [-0.1, -0.05) is 18.2 Å². The number of halogens is 2. The summed E-state index contributed by atoms with van der Waals surface area (Å²) in [5.41, 5.74) is 1.85. The maximum Gasteiger partial charge on any atom is 0.229 e. The molecule has 3 aromatic rings. The molecule has 1 aromatic heterocycles. The van der Waals surface area contributed by atoms with Crippen molar-refractivity contribution in [2.24, 2.45) is 0 Å². The maximum absolute atomic E-state index is 14.0. The van der Waals surface area contributed by atoms with Crippen molar-refractivity contribution in [3.05, 3.63) is 71.1 Å². The highest BCUT2D eigenvalue weighted by atomic mass is 19.2. The van der Waals surface area contributed by atoms with Crippen molar-refractivity contribution >= 4 is 0 Å². The second kappa shape index (κ2) is 7.88. The van der Waals surface area contributed by atoms with Crippen LogP contribution in [0.3, 0.4) is 0 Å². The number of nitrogens with zero attached hydrogens (tertiary/aromatic N) is 2. The Kier molecular flexibility index (Phi) is 5.56. The summed E-state index contributed by atoms with van der Waals surface area (Å²) in [5.74, 6) is -0.393. The van der Waals surface area contributed by atoms with Crippen LogP contribution in [0.15, 0.2) is 46.9 Å². The van der Waals surface area contributed by atoms with Crippen molar-refractivity contribution in [1.29, 1.82) is 0 Å². The quantitative estimate of drug-likeness (QED) is 0.601. The Labute approximate surface area is 157 Å². The highest BCUT2D eigenvalue weighted by Crippen LogP contribution is 2.28. The largest absolute Gasteiger partial charge is 0.497 e. The lowest BCUT2D eigenvalue weighted by atomic mass is 10.1. The molecule has 0 spiro atoms. The van der Waals surface area contributed by atoms with Crippen LogP contribution < -0.4 is 4.74 Å². The third kappa shape index (κ3) is 4.01. The number of benzene rings is 2. The van der Waals surface area contributed by atoms with Gasteiger partial charge in [0.05, 0.1) is 18.4 Å². The van der Waals surface area contributed by atoms with Crippen LogP contribution in [-0.2, 0) is 6.54 Å². The van der Waals surface area contributed by atoms with Gasteiger partial charge in [0, 0.05) is 12.6 Å². The van der Waals surface area contributed by atoms with Crippen molar-refractivity contribution in [1.82, 2.24) is 9.88 Å². The van der Waals surface area contributed by atoms with Crippen LogP contribution in [0, 0.1) is 18.6 Å². The lowest BCUT2D eigenvalue weighted by Crippen LogP contribution is -2.22. The molecule has 0 aliphatic heterocycles. The van der Waals surface area contributed by atoms with Crippen molar-refractivity contribution in [3.63, 3.8) is 0 Å². The Balaban J connectivity index is 1.79. The fourth-order valence-electron chi connectivity index (χ4n) is 2.87. The predicted molar refractivity (Wildman–Crippen MR) is 99.5 cm³/mol. The van der Waals surface area contributed by atoms with Gasteiger partial charge in [0.1, 0.15) is 11.5 Å². The summed E-state index contributed by atoms with van der Waals surface area (Å²) in [6.07, 6.45) is 0. The molecule has 27 heavy (non-hydrogen) atoms. The average molecular weight is 372 g/mol. The summed E-state index contributed by atoms with van der Waals surface area (Å²) in [6.45, 7) is 4.37. The van der Waals surface area contributed by atoms with Crippen molar-refractivity contribution in [2.75, 3.05) is 14.2 Å². The zero-order chi connectivity index (χ0) is 19.6. The summed E-state index contributed by atoms with van der Waals surface area (Å²) >= 11 is 0. The molecule has 0 fully saturated rings. The van der Waals surface area contributed by atoms with Gasteiger partial charge in [-0.05, 0) is 50.7 Å². The third-order valence-corrected chi connectivity index (χ3v) is 4.73. The first kappa shape index (κ1) is 19.0. The average Bonchev–Trinajstić information content (AvgIpc) is 3.03. The molecule has 6 heteroatoms. The number of aryl methyl sites for hydroxylation is 1. The van der Waals surface area contributed by atoms with Gasteiger partial charge < -0.3 is 9.15 Å². The second-order valence-electron chi connectivity index (χ2n) is 6.49. The Morgan fingerprint density at radius 2 is 1.85 bits per heavy atom. The molecule has 0 aliphatic rings. The normalized spacial score (nSPS) is 12.4. The van der Waals surface area contributed by atoms with Gasteiger partial charge in [0.2, 0.25) is 5.89 Å². The molecule has 4 nitrogen and oxygen atoms in total. The minimum atomic E-state index is -0.953. The number of ether oxygens (including phenoxy) is 1. The van der Waals surface area contributed by atoms with E-state index in [1.807, 2.05) is 31.3 Å². The molecule has 0 aliphatic carbocycles. The van der Waals surface area contributed by atoms with Crippen molar-refractivity contribution in [2.45, 2.75) is 26.4 Å². The molecule has 0 unspecified atom stereocenters. The predicted octanol–water partition coefficient (Wildman–Crippen LogP) is 5.13. The lowest BCUT2D eigenvalue weighted by molar-refractivity contribution is 0.249. The van der Waals surface area contributed by atoms with E-state index in [9.17, 15) is 8.78 Å². The number of aromatic nitrogens is 1. The van der Waals surface area contributed by atoms with E-state index in [4.69, 9.17) is 9.15 Å². The number of hydrogen-bond acceptors (Lipinski definition) is 4. The molecule has 1 heterocycles. The van der Waals surface area contributed by atoms with Gasteiger partial charge in [-0.3, -0.25) is 4.90 Å². The molecular weight excluding hydrogens is 350 g/mol. The van der Waals surface area contributed by atoms with Gasteiger partial charge in [-0.15, -0.1) is 0 Å². The summed E-state index contributed by atoms with van der Waals surface area (Å²) in [6, 6.07) is 12.0. The molecule has 0 saturated carbocycles. The molecule has 0 saturated heterocycles. The van der Waals surface area contributed by atoms with Gasteiger partial charge in [-0.2, -0.15) is 0 Å². The van der Waals surface area contributed by atoms with Gasteiger partial charge >= 0.3 is 0 Å². The van der Waals surface area contributed by atoms with E-state index >= 15 is 0 Å². The smallest absolute Gasteiger partial charge is 0.229 e. The molecule has 3 rings (SSSR count). The molecular formula is C21H22F2N2O2. The van der Waals surface area contributed by atoms with Crippen LogP contribution in [-0.4, -0.2) is 24.0 Å². The monoisotopic (exact) mass is 372 g/mol. The highest BCUT2D eigenvalue weighted by Gasteiger charge is 2.20. The van der Waals surface area contributed by atoms with Gasteiger partial charge in [0.25, 0.3) is 0 Å². The summed E-state index contributed by atoms with van der Waals surface area (Å²) in [4.78, 5) is 6.50. The van der Waals surface area contributed by atoms with Crippen LogP contribution in [0.25, 0.3) is 11.5 Å². The SMILES string of the molecule is COc1ccc([C@H](C)N(C)Cc2nc(-c3cccc(F)c3F)oc2C)cc1. The lowest BCUT2D eigenvalue weighted by Gasteiger charge is -2.24. The molecule has 0 bridgehead atoms. The van der Waals surface area contributed by atoms with E-state index in [1.54, 1.807) is 14.0 Å². The first-order chi connectivity index (χ1) is 12.9. The van der Waals surface area contributed by atoms with Gasteiger partial charge in [0.15, 0.2) is 11.6 Å². The minimum Gasteiger partial charge on any atom is -0.497 e. The van der Waals surface area contributed by atoms with Gasteiger partial charge in [-0.25, -0.2) is 13.8 Å². The van der Waals surface area contributed by atoms with E-state index in [0.717, 1.165) is 17.4 Å². The van der Waals surface area contributed by atoms with E-state index in [1.165, 1.54) is 12.1 Å². The van der Waals surface area contributed by atoms with E-state index in [-0.39, 0.29) is 17.5 Å². The Bertz CT molecular complexity index is 922. The van der Waals surface area contributed by atoms with Crippen LogP contribution in [0.5, 0.6) is 5.75 Å². The van der Waals surface area contributed by atoms with Crippen LogP contribution in [0.2, 0.25) is 0 Å². The number of methoxy groups -OCH3 is 1. The van der Waals surface area contributed by atoms with E-state index in [2.05, 4.69) is 16.8 Å². The zero-order valence-electron chi connectivity index (χ0n) is 15.8. The fraction of sp³-hybridized carbons (Fsp3) is 0.286. The molecule has 0 N–H and O–H groups in total. The van der Waals surface area contributed by atoms with E-state index < -0.39 is 11.6 Å². The molecule has 1 atom stereocenters. The Hall–Kier alpha value is -2.73. The van der Waals surface area contributed by atoms with Crippen LogP contribution in [0.1, 0.15) is 30.0 Å². The maximum atomic E-state index is 14.0. The summed E-state index contributed by atoms with van der Waals surface area (Å²) in [5, 5.41) is 0. The molecule has 0 amide bonds. The topological polar surface area (TPSA) is 38.5 Å². The van der Waals surface area contributed by atoms with Crippen LogP contribution >= 0.6 is 0 Å². The second-order valence-corrected chi connectivity index (χ2v) is 6.49. The van der Waals surface area contributed by atoms with Crippen LogP contribution in [0.4, 0.5) is 8.78 Å². The molecule has 0 radical (unpaired) electrons. The molecule has 2 aromatic carbocycles. The van der Waals surface area contributed by atoms with E-state index in [0.29, 0.717) is 18.0 Å². The third-order valence-electron chi connectivity index (χ3n) is 4.73. The minimum absolute atomic E-state index is 0.0233. The first-order valence-corrected chi connectivity index (χ1v) is 8.65. The highest BCUT2D eigenvalue weighted by molar-refractivity contribution is 5.54. The zero-order valence-corrected chi connectivity index (χ0v) is 15.8. The summed E-state index contributed by atoms with van der Waals surface area (Å²) in [7, 11) is 3.61. The summed E-state index contributed by atoms with van der Waals surface area (Å²) < 4.78 is 38.3. The van der Waals surface area contributed by atoms with Crippen molar-refractivity contribution < 1.29 is 17.9 Å². The number of rotatable bonds is 6. The molecule has 142 valence electrons. The first-order valence-electron chi connectivity index (χ1n) is 8.65. The Morgan fingerprint density at radius 3 is 2.52 bits per heavy atom.